The maximum absolute atomic E-state index is 10.00. The smallest absolute Gasteiger partial charge is 0.0555 e. The van der Waals surface area contributed by atoms with Crippen LogP contribution in [0.2, 0.25) is 0 Å². The van der Waals surface area contributed by atoms with Gasteiger partial charge in [0.15, 0.2) is 0 Å². The molecule has 1 aliphatic heterocycles. The lowest BCUT2D eigenvalue weighted by Gasteiger charge is -2.42. The lowest BCUT2D eigenvalue weighted by molar-refractivity contribution is 0.0204. The minimum atomic E-state index is -0.0338. The molecule has 0 radical (unpaired) electrons. The summed E-state index contributed by atoms with van der Waals surface area (Å²) in [7, 11) is 0. The fourth-order valence-electron chi connectivity index (χ4n) is 3.95. The number of likely N-dealkylation sites (tertiary alicyclic amines) is 1. The van der Waals surface area contributed by atoms with E-state index in [4.69, 9.17) is 0 Å². The largest absolute Gasteiger partial charge is 0.393 e. The van der Waals surface area contributed by atoms with Crippen LogP contribution in [0.15, 0.2) is 0 Å². The first-order chi connectivity index (χ1) is 8.81. The molecule has 2 heteroatoms. The van der Waals surface area contributed by atoms with Crippen molar-refractivity contribution in [2.45, 2.75) is 83.3 Å². The van der Waals surface area contributed by atoms with Gasteiger partial charge in [-0.2, -0.15) is 0 Å². The fourth-order valence-corrected chi connectivity index (χ4v) is 3.95. The Morgan fingerprint density at radius 2 is 1.67 bits per heavy atom. The van der Waals surface area contributed by atoms with E-state index in [9.17, 15) is 5.11 Å². The van der Waals surface area contributed by atoms with Gasteiger partial charge in [-0.25, -0.2) is 0 Å². The van der Waals surface area contributed by atoms with Crippen LogP contribution < -0.4 is 0 Å². The molecular formula is C16H31NO. The second kappa shape index (κ2) is 7.49. The molecule has 1 heterocycles. The minimum Gasteiger partial charge on any atom is -0.393 e. The van der Waals surface area contributed by atoms with Gasteiger partial charge in [-0.1, -0.05) is 32.6 Å². The van der Waals surface area contributed by atoms with Crippen LogP contribution in [0, 0.1) is 5.92 Å². The van der Waals surface area contributed by atoms with Crippen LogP contribution >= 0.6 is 0 Å². The molecule has 2 rings (SSSR count). The van der Waals surface area contributed by atoms with Crippen LogP contribution in [-0.2, 0) is 0 Å². The number of rotatable bonds is 3. The second-order valence-electron chi connectivity index (χ2n) is 6.39. The van der Waals surface area contributed by atoms with Crippen LogP contribution in [0.5, 0.6) is 0 Å². The first-order valence-electron chi connectivity index (χ1n) is 8.23. The van der Waals surface area contributed by atoms with Crippen molar-refractivity contribution < 1.29 is 5.11 Å². The summed E-state index contributed by atoms with van der Waals surface area (Å²) >= 11 is 0. The van der Waals surface area contributed by atoms with E-state index in [2.05, 4.69) is 11.8 Å². The Balaban J connectivity index is 1.95. The van der Waals surface area contributed by atoms with Crippen molar-refractivity contribution in [3.05, 3.63) is 0 Å². The average molecular weight is 253 g/mol. The normalized spacial score (nSPS) is 36.0. The van der Waals surface area contributed by atoms with Gasteiger partial charge in [-0.05, 0) is 57.5 Å². The first-order valence-corrected chi connectivity index (χ1v) is 8.23. The molecule has 1 aliphatic carbocycles. The van der Waals surface area contributed by atoms with E-state index in [1.165, 1.54) is 64.5 Å². The van der Waals surface area contributed by atoms with Crippen LogP contribution in [0.4, 0.5) is 0 Å². The van der Waals surface area contributed by atoms with Gasteiger partial charge in [0, 0.05) is 6.04 Å². The van der Waals surface area contributed by atoms with Crippen LogP contribution in [-0.4, -0.2) is 35.2 Å². The quantitative estimate of drug-likeness (QED) is 0.831. The van der Waals surface area contributed by atoms with Crippen molar-refractivity contribution in [3.8, 4) is 0 Å². The summed E-state index contributed by atoms with van der Waals surface area (Å²) in [6, 6.07) is 0.673. The molecule has 3 atom stereocenters. The van der Waals surface area contributed by atoms with Gasteiger partial charge in [-0.15, -0.1) is 0 Å². The highest BCUT2D eigenvalue weighted by Gasteiger charge is 2.32. The first kappa shape index (κ1) is 14.3. The standard InChI is InChI=1S/C16H31NO/c1-2-8-14-9-10-15(18)13-16(14)17-11-6-4-3-5-7-12-17/h14-16,18H,2-13H2,1H3. The zero-order valence-electron chi connectivity index (χ0n) is 12.1. The van der Waals surface area contributed by atoms with E-state index in [0.717, 1.165) is 18.8 Å². The highest BCUT2D eigenvalue weighted by Crippen LogP contribution is 2.32. The lowest BCUT2D eigenvalue weighted by Crippen LogP contribution is -2.46. The maximum atomic E-state index is 10.00. The van der Waals surface area contributed by atoms with Crippen molar-refractivity contribution in [3.63, 3.8) is 0 Å². The van der Waals surface area contributed by atoms with E-state index < -0.39 is 0 Å². The highest BCUT2D eigenvalue weighted by molar-refractivity contribution is 4.87. The van der Waals surface area contributed by atoms with E-state index in [1.54, 1.807) is 0 Å². The van der Waals surface area contributed by atoms with Gasteiger partial charge in [0.05, 0.1) is 6.10 Å². The van der Waals surface area contributed by atoms with Crippen molar-refractivity contribution in [2.75, 3.05) is 13.1 Å². The summed E-state index contributed by atoms with van der Waals surface area (Å²) in [5.74, 6) is 0.845. The molecule has 2 aliphatic rings. The zero-order chi connectivity index (χ0) is 12.8. The van der Waals surface area contributed by atoms with E-state index >= 15 is 0 Å². The van der Waals surface area contributed by atoms with Gasteiger partial charge in [-0.3, -0.25) is 0 Å². The Morgan fingerprint density at radius 1 is 1.00 bits per heavy atom. The van der Waals surface area contributed by atoms with Gasteiger partial charge in [0.25, 0.3) is 0 Å². The number of nitrogens with zero attached hydrogens (tertiary/aromatic N) is 1. The van der Waals surface area contributed by atoms with E-state index in [-0.39, 0.29) is 6.10 Å². The van der Waals surface area contributed by atoms with Crippen molar-refractivity contribution in [2.24, 2.45) is 5.92 Å². The number of hydrogen-bond donors (Lipinski definition) is 1. The van der Waals surface area contributed by atoms with Crippen molar-refractivity contribution in [1.82, 2.24) is 4.90 Å². The van der Waals surface area contributed by atoms with Crippen LogP contribution in [0.3, 0.4) is 0 Å². The monoisotopic (exact) mass is 253 g/mol. The molecule has 106 valence electrons. The molecular weight excluding hydrogens is 222 g/mol. The SMILES string of the molecule is CCCC1CCC(O)CC1N1CCCCCCC1. The van der Waals surface area contributed by atoms with Crippen LogP contribution in [0.1, 0.15) is 71.1 Å². The highest BCUT2D eigenvalue weighted by atomic mass is 16.3. The average Bonchev–Trinajstić information content (AvgIpc) is 2.32. The molecule has 0 amide bonds. The predicted octanol–water partition coefficient (Wildman–Crippen LogP) is 3.58. The summed E-state index contributed by atoms with van der Waals surface area (Å²) in [5.41, 5.74) is 0. The van der Waals surface area contributed by atoms with Crippen LogP contribution in [0.25, 0.3) is 0 Å². The summed E-state index contributed by atoms with van der Waals surface area (Å²) in [6.45, 7) is 4.85. The Kier molecular flexibility index (Phi) is 5.97. The second-order valence-corrected chi connectivity index (χ2v) is 6.39. The van der Waals surface area contributed by atoms with Gasteiger partial charge >= 0.3 is 0 Å². The molecule has 1 saturated carbocycles. The molecule has 0 bridgehead atoms. The van der Waals surface area contributed by atoms with Crippen molar-refractivity contribution in [1.29, 1.82) is 0 Å². The molecule has 0 aromatic heterocycles. The third-order valence-corrected chi connectivity index (χ3v) is 4.95. The third kappa shape index (κ3) is 3.96. The predicted molar refractivity (Wildman–Crippen MR) is 76.7 cm³/mol. The molecule has 1 saturated heterocycles. The van der Waals surface area contributed by atoms with Gasteiger partial charge in [0.2, 0.25) is 0 Å². The molecule has 1 N–H and O–H groups in total. The number of aliphatic hydroxyl groups is 1. The summed E-state index contributed by atoms with van der Waals surface area (Å²) in [4.78, 5) is 2.72. The Morgan fingerprint density at radius 3 is 2.33 bits per heavy atom. The fraction of sp³-hybridized carbons (Fsp3) is 1.00. The van der Waals surface area contributed by atoms with Crippen molar-refractivity contribution >= 4 is 0 Å². The molecule has 2 nitrogen and oxygen atoms in total. The number of aliphatic hydroxyl groups excluding tert-OH is 1. The molecule has 0 aromatic rings. The molecule has 0 spiro atoms. The molecule has 2 fully saturated rings. The third-order valence-electron chi connectivity index (χ3n) is 4.95. The summed E-state index contributed by atoms with van der Waals surface area (Å²) in [6.07, 6.45) is 12.9. The lowest BCUT2D eigenvalue weighted by atomic mass is 9.79. The zero-order valence-corrected chi connectivity index (χ0v) is 12.1. The maximum Gasteiger partial charge on any atom is 0.0555 e. The number of hydrogen-bond acceptors (Lipinski definition) is 2. The summed E-state index contributed by atoms with van der Waals surface area (Å²) in [5, 5.41) is 10.00. The van der Waals surface area contributed by atoms with Gasteiger partial charge < -0.3 is 10.0 Å². The molecule has 18 heavy (non-hydrogen) atoms. The minimum absolute atomic E-state index is 0.0338. The van der Waals surface area contributed by atoms with Gasteiger partial charge in [0.1, 0.15) is 0 Å². The molecule has 0 aromatic carbocycles. The molecule has 3 unspecified atom stereocenters. The summed E-state index contributed by atoms with van der Waals surface area (Å²) < 4.78 is 0. The van der Waals surface area contributed by atoms with E-state index in [0.29, 0.717) is 6.04 Å². The topological polar surface area (TPSA) is 23.5 Å². The van der Waals surface area contributed by atoms with E-state index in [1.807, 2.05) is 0 Å². The Labute approximate surface area is 113 Å². The Bertz CT molecular complexity index is 223. The Hall–Kier alpha value is -0.0800.